The molecule has 0 aliphatic rings. The van der Waals surface area contributed by atoms with E-state index >= 15 is 0 Å². The molecule has 3 aromatic heterocycles. The molecule has 0 radical (unpaired) electrons. The third kappa shape index (κ3) is 3.74. The molecule has 0 aliphatic carbocycles. The molecule has 3 heterocycles. The first-order valence-electron chi connectivity index (χ1n) is 9.15. The Bertz CT molecular complexity index is 1270. The van der Waals surface area contributed by atoms with Crippen LogP contribution in [0.1, 0.15) is 17.3 Å². The number of carbonyl (C=O) groups is 2. The molecular weight excluding hydrogens is 406 g/mol. The fourth-order valence-corrected chi connectivity index (χ4v) is 4.01. The predicted octanol–water partition coefficient (Wildman–Crippen LogP) is 3.53. The third-order valence-electron chi connectivity index (χ3n) is 4.37. The SMILES string of the molecule is CCOC(=O)c1c(-c2ccco2)csc1NC(=O)Cn1ncc(=O)c2ccccc21. The van der Waals surface area contributed by atoms with Crippen LogP contribution in [-0.4, -0.2) is 28.3 Å². The second kappa shape index (κ2) is 8.34. The van der Waals surface area contributed by atoms with Crippen molar-refractivity contribution in [3.8, 4) is 11.3 Å². The Kier molecular flexibility index (Phi) is 5.44. The van der Waals surface area contributed by atoms with E-state index in [-0.39, 0.29) is 24.1 Å². The van der Waals surface area contributed by atoms with Crippen molar-refractivity contribution in [2.24, 2.45) is 0 Å². The van der Waals surface area contributed by atoms with Crippen molar-refractivity contribution in [3.63, 3.8) is 0 Å². The number of para-hydroxylation sites is 1. The number of hydrogen-bond donors (Lipinski definition) is 1. The van der Waals surface area contributed by atoms with Gasteiger partial charge in [-0.2, -0.15) is 5.10 Å². The zero-order chi connectivity index (χ0) is 21.1. The van der Waals surface area contributed by atoms with Gasteiger partial charge in [0.25, 0.3) is 0 Å². The molecule has 1 N–H and O–H groups in total. The minimum absolute atomic E-state index is 0.128. The van der Waals surface area contributed by atoms with Gasteiger partial charge in [-0.3, -0.25) is 14.3 Å². The lowest BCUT2D eigenvalue weighted by Crippen LogP contribution is -2.23. The number of hydrogen-bond acceptors (Lipinski definition) is 7. The Hall–Kier alpha value is -3.72. The number of nitrogens with one attached hydrogen (secondary N) is 1. The first-order valence-corrected chi connectivity index (χ1v) is 10.0. The number of fused-ring (bicyclic) bond motifs is 1. The zero-order valence-electron chi connectivity index (χ0n) is 16.0. The van der Waals surface area contributed by atoms with Crippen LogP contribution in [0.3, 0.4) is 0 Å². The number of nitrogens with zero attached hydrogens (tertiary/aromatic N) is 2. The molecule has 0 aliphatic heterocycles. The highest BCUT2D eigenvalue weighted by molar-refractivity contribution is 7.15. The topological polar surface area (TPSA) is 103 Å². The summed E-state index contributed by atoms with van der Waals surface area (Å²) in [6, 6.07) is 10.4. The summed E-state index contributed by atoms with van der Waals surface area (Å²) >= 11 is 1.20. The molecule has 4 aromatic rings. The highest BCUT2D eigenvalue weighted by Gasteiger charge is 2.24. The van der Waals surface area contributed by atoms with E-state index in [0.717, 1.165) is 0 Å². The van der Waals surface area contributed by atoms with E-state index in [9.17, 15) is 14.4 Å². The number of thiophene rings is 1. The quantitative estimate of drug-likeness (QED) is 0.476. The van der Waals surface area contributed by atoms with E-state index in [4.69, 9.17) is 9.15 Å². The molecule has 30 heavy (non-hydrogen) atoms. The van der Waals surface area contributed by atoms with Gasteiger partial charge in [0.05, 0.1) is 24.6 Å². The molecule has 8 nitrogen and oxygen atoms in total. The van der Waals surface area contributed by atoms with E-state index in [0.29, 0.717) is 27.2 Å². The number of rotatable bonds is 6. The van der Waals surface area contributed by atoms with Gasteiger partial charge in [0.2, 0.25) is 11.3 Å². The maximum atomic E-state index is 12.7. The lowest BCUT2D eigenvalue weighted by Gasteiger charge is -2.10. The molecule has 0 spiro atoms. The minimum atomic E-state index is -0.549. The maximum Gasteiger partial charge on any atom is 0.341 e. The number of ether oxygens (including phenoxy) is 1. The van der Waals surface area contributed by atoms with Gasteiger partial charge >= 0.3 is 5.97 Å². The largest absolute Gasteiger partial charge is 0.464 e. The summed E-state index contributed by atoms with van der Waals surface area (Å²) in [6.07, 6.45) is 2.69. The van der Waals surface area contributed by atoms with E-state index in [1.807, 2.05) is 0 Å². The van der Waals surface area contributed by atoms with Crippen LogP contribution in [0, 0.1) is 0 Å². The second-order valence-corrected chi connectivity index (χ2v) is 7.16. The Balaban J connectivity index is 1.63. The van der Waals surface area contributed by atoms with Crippen molar-refractivity contribution < 1.29 is 18.7 Å². The van der Waals surface area contributed by atoms with Crippen LogP contribution >= 0.6 is 11.3 Å². The number of esters is 1. The van der Waals surface area contributed by atoms with Crippen LogP contribution in [0.4, 0.5) is 5.00 Å². The molecule has 0 fully saturated rings. The summed E-state index contributed by atoms with van der Waals surface area (Å²) in [4.78, 5) is 37.2. The molecule has 0 saturated carbocycles. The van der Waals surface area contributed by atoms with Gasteiger partial charge in [0.1, 0.15) is 22.9 Å². The third-order valence-corrected chi connectivity index (χ3v) is 5.26. The summed E-state index contributed by atoms with van der Waals surface area (Å²) in [5, 5.41) is 9.38. The summed E-state index contributed by atoms with van der Waals surface area (Å²) in [6.45, 7) is 1.78. The standard InChI is InChI=1S/C21H17N3O5S/c1-2-28-21(27)19-14(17-8-5-9-29-17)12-30-20(19)23-18(26)11-24-15-7-4-3-6-13(15)16(25)10-22-24/h3-10,12H,2,11H2,1H3,(H,23,26). The average Bonchev–Trinajstić information content (AvgIpc) is 3.40. The van der Waals surface area contributed by atoms with Crippen molar-refractivity contribution in [3.05, 3.63) is 70.0 Å². The normalized spacial score (nSPS) is 10.8. The van der Waals surface area contributed by atoms with Gasteiger partial charge in [0, 0.05) is 16.3 Å². The number of furan rings is 1. The average molecular weight is 423 g/mol. The van der Waals surface area contributed by atoms with Crippen LogP contribution < -0.4 is 10.7 Å². The van der Waals surface area contributed by atoms with Crippen LogP contribution in [0.5, 0.6) is 0 Å². The Morgan fingerprint density at radius 3 is 2.83 bits per heavy atom. The minimum Gasteiger partial charge on any atom is -0.464 e. The molecule has 0 atom stereocenters. The van der Waals surface area contributed by atoms with Crippen molar-refractivity contribution in [2.75, 3.05) is 11.9 Å². The first-order chi connectivity index (χ1) is 14.6. The number of benzene rings is 1. The highest BCUT2D eigenvalue weighted by Crippen LogP contribution is 2.36. The highest BCUT2D eigenvalue weighted by atomic mass is 32.1. The lowest BCUT2D eigenvalue weighted by atomic mass is 10.1. The van der Waals surface area contributed by atoms with Crippen LogP contribution in [0.25, 0.3) is 22.2 Å². The fraction of sp³-hybridized carbons (Fsp3) is 0.143. The molecular formula is C21H17N3O5S. The van der Waals surface area contributed by atoms with Crippen LogP contribution in [0.2, 0.25) is 0 Å². The van der Waals surface area contributed by atoms with E-state index in [1.54, 1.807) is 48.7 Å². The van der Waals surface area contributed by atoms with Crippen molar-refractivity contribution in [1.29, 1.82) is 0 Å². The molecule has 0 bridgehead atoms. The number of anilines is 1. The number of aromatic nitrogens is 2. The van der Waals surface area contributed by atoms with Crippen molar-refractivity contribution in [2.45, 2.75) is 13.5 Å². The Morgan fingerprint density at radius 1 is 1.23 bits per heavy atom. The summed E-state index contributed by atoms with van der Waals surface area (Å²) in [5.41, 5.74) is 1.12. The smallest absolute Gasteiger partial charge is 0.341 e. The maximum absolute atomic E-state index is 12.7. The fourth-order valence-electron chi connectivity index (χ4n) is 3.06. The Morgan fingerprint density at radius 2 is 2.07 bits per heavy atom. The lowest BCUT2D eigenvalue weighted by molar-refractivity contribution is -0.116. The van der Waals surface area contributed by atoms with Crippen molar-refractivity contribution in [1.82, 2.24) is 9.78 Å². The molecule has 9 heteroatoms. The molecule has 152 valence electrons. The molecule has 0 unspecified atom stereocenters. The van der Waals surface area contributed by atoms with Gasteiger partial charge in [-0.25, -0.2) is 4.79 Å². The molecule has 0 saturated heterocycles. The summed E-state index contributed by atoms with van der Waals surface area (Å²) in [7, 11) is 0. The summed E-state index contributed by atoms with van der Waals surface area (Å²) in [5.74, 6) is -0.440. The van der Waals surface area contributed by atoms with Gasteiger partial charge < -0.3 is 14.5 Å². The van der Waals surface area contributed by atoms with E-state index in [1.165, 1.54) is 28.5 Å². The van der Waals surface area contributed by atoms with Crippen molar-refractivity contribution >= 4 is 39.1 Å². The second-order valence-electron chi connectivity index (χ2n) is 6.28. The predicted molar refractivity (Wildman–Crippen MR) is 113 cm³/mol. The summed E-state index contributed by atoms with van der Waals surface area (Å²) < 4.78 is 12.0. The zero-order valence-corrected chi connectivity index (χ0v) is 16.8. The van der Waals surface area contributed by atoms with Gasteiger partial charge in [-0.05, 0) is 31.2 Å². The monoisotopic (exact) mass is 423 g/mol. The molecule has 1 amide bonds. The van der Waals surface area contributed by atoms with Gasteiger partial charge in [-0.15, -0.1) is 11.3 Å². The van der Waals surface area contributed by atoms with Gasteiger partial charge in [0.15, 0.2) is 0 Å². The van der Waals surface area contributed by atoms with E-state index in [2.05, 4.69) is 10.4 Å². The van der Waals surface area contributed by atoms with Gasteiger partial charge in [-0.1, -0.05) is 12.1 Å². The Labute approximate surface area is 174 Å². The number of amides is 1. The molecule has 4 rings (SSSR count). The van der Waals surface area contributed by atoms with E-state index < -0.39 is 11.9 Å². The van der Waals surface area contributed by atoms with Crippen LogP contribution in [-0.2, 0) is 16.1 Å². The molecule has 1 aromatic carbocycles. The van der Waals surface area contributed by atoms with Crippen LogP contribution in [0.15, 0.2) is 63.4 Å². The number of carbonyl (C=O) groups excluding carboxylic acids is 2. The first kappa shape index (κ1) is 19.6.